The van der Waals surface area contributed by atoms with Gasteiger partial charge in [-0.2, -0.15) is 0 Å². The first kappa shape index (κ1) is 18.7. The van der Waals surface area contributed by atoms with Gasteiger partial charge in [-0.25, -0.2) is 0 Å². The quantitative estimate of drug-likeness (QED) is 0.840. The van der Waals surface area contributed by atoms with Gasteiger partial charge in [-0.3, -0.25) is 14.6 Å². The summed E-state index contributed by atoms with van der Waals surface area (Å²) in [6.07, 6.45) is 0. The summed E-state index contributed by atoms with van der Waals surface area (Å²) in [7, 11) is 5.97. The molecule has 1 aromatic rings. The summed E-state index contributed by atoms with van der Waals surface area (Å²) in [5.41, 5.74) is 2.14. The Morgan fingerprint density at radius 1 is 1.23 bits per heavy atom. The zero-order valence-electron chi connectivity index (χ0n) is 15.1. The number of aryl methyl sites for hydroxylation is 1. The fourth-order valence-electron chi connectivity index (χ4n) is 2.51. The highest BCUT2D eigenvalue weighted by Gasteiger charge is 2.28. The van der Waals surface area contributed by atoms with E-state index in [1.165, 1.54) is 0 Å². The van der Waals surface area contributed by atoms with E-state index >= 15 is 0 Å². The van der Waals surface area contributed by atoms with Crippen molar-refractivity contribution in [2.24, 2.45) is 0 Å². The summed E-state index contributed by atoms with van der Waals surface area (Å²) in [6, 6.07) is 7.81. The van der Waals surface area contributed by atoms with Crippen molar-refractivity contribution in [3.8, 4) is 0 Å². The van der Waals surface area contributed by atoms with E-state index in [1.807, 2.05) is 50.2 Å². The van der Waals surface area contributed by atoms with Gasteiger partial charge in [0.1, 0.15) is 6.04 Å². The Balaban J connectivity index is 2.86. The molecule has 1 rings (SSSR count). The van der Waals surface area contributed by atoms with Gasteiger partial charge >= 0.3 is 0 Å². The Kier molecular flexibility index (Phi) is 6.57. The second kappa shape index (κ2) is 7.75. The standard InChI is InChI=1S/C18H31N3O/c1-8-21(7)18(3,4)13-19-17(22)16(20(5)6)15-12-10-9-11-14(15)2/h9-12,16H,8,13H2,1-7H3,(H,19,22)/t16-/m1/s1. The zero-order chi connectivity index (χ0) is 16.9. The van der Waals surface area contributed by atoms with Crippen molar-refractivity contribution in [1.29, 1.82) is 0 Å². The van der Waals surface area contributed by atoms with E-state index in [0.29, 0.717) is 6.54 Å². The molecule has 1 atom stereocenters. The van der Waals surface area contributed by atoms with Crippen LogP contribution in [0.2, 0.25) is 0 Å². The lowest BCUT2D eigenvalue weighted by molar-refractivity contribution is -0.126. The van der Waals surface area contributed by atoms with Crippen molar-refractivity contribution in [3.05, 3.63) is 35.4 Å². The van der Waals surface area contributed by atoms with Crippen molar-refractivity contribution >= 4 is 5.91 Å². The number of amides is 1. The summed E-state index contributed by atoms with van der Waals surface area (Å²) in [6.45, 7) is 10.1. The van der Waals surface area contributed by atoms with Crippen LogP contribution in [-0.2, 0) is 4.79 Å². The molecule has 0 fully saturated rings. The van der Waals surface area contributed by atoms with E-state index in [1.54, 1.807) is 0 Å². The monoisotopic (exact) mass is 305 g/mol. The fraction of sp³-hybridized carbons (Fsp3) is 0.611. The zero-order valence-corrected chi connectivity index (χ0v) is 15.1. The molecule has 0 spiro atoms. The van der Waals surface area contributed by atoms with Crippen LogP contribution in [0.3, 0.4) is 0 Å². The lowest BCUT2D eigenvalue weighted by atomic mass is 9.98. The van der Waals surface area contributed by atoms with E-state index in [9.17, 15) is 4.79 Å². The molecule has 0 bridgehead atoms. The van der Waals surface area contributed by atoms with Gasteiger partial charge in [0.2, 0.25) is 5.91 Å². The average Bonchev–Trinajstić information content (AvgIpc) is 2.46. The van der Waals surface area contributed by atoms with Crippen molar-refractivity contribution < 1.29 is 4.79 Å². The van der Waals surface area contributed by atoms with Crippen LogP contribution in [0, 0.1) is 6.92 Å². The molecular weight excluding hydrogens is 274 g/mol. The number of hydrogen-bond acceptors (Lipinski definition) is 3. The summed E-state index contributed by atoms with van der Waals surface area (Å²) in [4.78, 5) is 16.9. The first-order valence-corrected chi connectivity index (χ1v) is 7.91. The minimum Gasteiger partial charge on any atom is -0.353 e. The number of rotatable bonds is 7. The fourth-order valence-corrected chi connectivity index (χ4v) is 2.51. The van der Waals surface area contributed by atoms with Gasteiger partial charge in [-0.1, -0.05) is 31.2 Å². The van der Waals surface area contributed by atoms with Crippen LogP contribution in [0.5, 0.6) is 0 Å². The Bertz CT molecular complexity index is 497. The van der Waals surface area contributed by atoms with E-state index in [2.05, 4.69) is 38.0 Å². The predicted molar refractivity (Wildman–Crippen MR) is 93.0 cm³/mol. The van der Waals surface area contributed by atoms with Crippen LogP contribution in [0.25, 0.3) is 0 Å². The van der Waals surface area contributed by atoms with Crippen LogP contribution in [0.4, 0.5) is 0 Å². The molecule has 0 heterocycles. The molecule has 124 valence electrons. The SMILES string of the molecule is CCN(C)C(C)(C)CNC(=O)[C@@H](c1ccccc1C)N(C)C. The molecule has 1 aromatic carbocycles. The number of nitrogens with one attached hydrogen (secondary N) is 1. The molecule has 0 aromatic heterocycles. The third kappa shape index (κ3) is 4.55. The molecule has 22 heavy (non-hydrogen) atoms. The van der Waals surface area contributed by atoms with E-state index in [4.69, 9.17) is 0 Å². The van der Waals surface area contributed by atoms with Crippen molar-refractivity contribution in [3.63, 3.8) is 0 Å². The van der Waals surface area contributed by atoms with Crippen molar-refractivity contribution in [1.82, 2.24) is 15.1 Å². The molecule has 1 amide bonds. The number of nitrogens with zero attached hydrogens (tertiary/aromatic N) is 2. The predicted octanol–water partition coefficient (Wildman–Crippen LogP) is 2.44. The average molecular weight is 305 g/mol. The number of likely N-dealkylation sites (N-methyl/N-ethyl adjacent to an activating group) is 2. The van der Waals surface area contributed by atoms with Gasteiger partial charge in [-0.15, -0.1) is 0 Å². The highest BCUT2D eigenvalue weighted by atomic mass is 16.2. The largest absolute Gasteiger partial charge is 0.353 e. The number of carbonyl (C=O) groups excluding carboxylic acids is 1. The molecule has 1 N–H and O–H groups in total. The molecule has 4 nitrogen and oxygen atoms in total. The van der Waals surface area contributed by atoms with Crippen LogP contribution in [0.15, 0.2) is 24.3 Å². The van der Waals surface area contributed by atoms with Crippen molar-refractivity contribution in [2.75, 3.05) is 34.2 Å². The van der Waals surface area contributed by atoms with Gasteiger partial charge in [0.15, 0.2) is 0 Å². The van der Waals surface area contributed by atoms with Gasteiger partial charge in [0, 0.05) is 12.1 Å². The topological polar surface area (TPSA) is 35.6 Å². The van der Waals surface area contributed by atoms with E-state index in [0.717, 1.165) is 17.7 Å². The summed E-state index contributed by atoms with van der Waals surface area (Å²) in [5.74, 6) is 0.0527. The molecule has 0 radical (unpaired) electrons. The smallest absolute Gasteiger partial charge is 0.242 e. The van der Waals surface area contributed by atoms with Crippen LogP contribution >= 0.6 is 0 Å². The minimum absolute atomic E-state index is 0.0527. The van der Waals surface area contributed by atoms with Crippen LogP contribution < -0.4 is 5.32 Å². The molecule has 0 unspecified atom stereocenters. The Morgan fingerprint density at radius 2 is 1.82 bits per heavy atom. The van der Waals surface area contributed by atoms with E-state index in [-0.39, 0.29) is 17.5 Å². The maximum Gasteiger partial charge on any atom is 0.242 e. The summed E-state index contributed by atoms with van der Waals surface area (Å²) in [5, 5.41) is 3.12. The summed E-state index contributed by atoms with van der Waals surface area (Å²) < 4.78 is 0. The number of hydrogen-bond donors (Lipinski definition) is 1. The van der Waals surface area contributed by atoms with Gasteiger partial charge < -0.3 is 5.32 Å². The molecular formula is C18H31N3O. The normalized spacial score (nSPS) is 13.5. The van der Waals surface area contributed by atoms with Crippen molar-refractivity contribution in [2.45, 2.75) is 39.3 Å². The first-order valence-electron chi connectivity index (χ1n) is 7.91. The maximum absolute atomic E-state index is 12.7. The highest BCUT2D eigenvalue weighted by molar-refractivity contribution is 5.83. The maximum atomic E-state index is 12.7. The Morgan fingerprint density at radius 3 is 2.32 bits per heavy atom. The lowest BCUT2D eigenvalue weighted by Crippen LogP contribution is -2.51. The van der Waals surface area contributed by atoms with Crippen LogP contribution in [-0.4, -0.2) is 55.5 Å². The number of carbonyl (C=O) groups is 1. The minimum atomic E-state index is -0.260. The molecule has 0 aliphatic carbocycles. The Hall–Kier alpha value is -1.39. The van der Waals surface area contributed by atoms with E-state index < -0.39 is 0 Å². The third-order valence-corrected chi connectivity index (χ3v) is 4.45. The molecule has 0 aliphatic heterocycles. The first-order chi connectivity index (χ1) is 10.2. The second-order valence-corrected chi connectivity index (χ2v) is 6.77. The van der Waals surface area contributed by atoms with Crippen LogP contribution in [0.1, 0.15) is 37.9 Å². The Labute approximate surface area is 135 Å². The highest BCUT2D eigenvalue weighted by Crippen LogP contribution is 2.22. The van der Waals surface area contributed by atoms with Gasteiger partial charge in [-0.05, 0) is 59.6 Å². The third-order valence-electron chi connectivity index (χ3n) is 4.45. The summed E-state index contributed by atoms with van der Waals surface area (Å²) >= 11 is 0. The molecule has 0 saturated heterocycles. The molecule has 0 aliphatic rings. The van der Waals surface area contributed by atoms with Gasteiger partial charge in [0.25, 0.3) is 0 Å². The number of benzene rings is 1. The molecule has 4 heteroatoms. The molecule has 0 saturated carbocycles. The van der Waals surface area contributed by atoms with Gasteiger partial charge in [0.05, 0.1) is 0 Å². The lowest BCUT2D eigenvalue weighted by Gasteiger charge is -2.36. The second-order valence-electron chi connectivity index (χ2n) is 6.77.